The van der Waals surface area contributed by atoms with Crippen molar-refractivity contribution in [2.45, 2.75) is 32.2 Å². The van der Waals surface area contributed by atoms with Gasteiger partial charge >= 0.3 is 0 Å². The molecule has 1 unspecified atom stereocenters. The number of likely N-dealkylation sites (N-methyl/N-ethyl adjacent to an activating group) is 2. The van der Waals surface area contributed by atoms with Gasteiger partial charge in [0.1, 0.15) is 5.76 Å². The van der Waals surface area contributed by atoms with Gasteiger partial charge in [-0.1, -0.05) is 6.92 Å². The van der Waals surface area contributed by atoms with Crippen molar-refractivity contribution in [1.82, 2.24) is 15.1 Å². The van der Waals surface area contributed by atoms with E-state index in [-0.39, 0.29) is 24.0 Å². The molecule has 2 rings (SSSR count). The lowest BCUT2D eigenvalue weighted by atomic mass is 10.2. The van der Waals surface area contributed by atoms with Crippen molar-refractivity contribution in [1.29, 1.82) is 0 Å². The zero-order chi connectivity index (χ0) is 15.1. The summed E-state index contributed by atoms with van der Waals surface area (Å²) < 4.78 is 5.35. The van der Waals surface area contributed by atoms with Crippen molar-refractivity contribution in [2.24, 2.45) is 4.99 Å². The van der Waals surface area contributed by atoms with E-state index in [0.29, 0.717) is 6.04 Å². The van der Waals surface area contributed by atoms with Crippen molar-refractivity contribution in [3.63, 3.8) is 0 Å². The Balaban J connectivity index is 0.00000242. The highest BCUT2D eigenvalue weighted by Gasteiger charge is 2.24. The maximum absolute atomic E-state index is 5.35. The van der Waals surface area contributed by atoms with Gasteiger partial charge in [-0.25, -0.2) is 0 Å². The number of guanidine groups is 1. The van der Waals surface area contributed by atoms with Gasteiger partial charge < -0.3 is 14.6 Å². The van der Waals surface area contributed by atoms with E-state index in [1.54, 1.807) is 6.26 Å². The molecule has 0 amide bonds. The minimum Gasteiger partial charge on any atom is -0.469 e. The molecule has 1 aromatic rings. The lowest BCUT2D eigenvalue weighted by molar-refractivity contribution is 0.232. The molecule has 126 valence electrons. The van der Waals surface area contributed by atoms with Crippen molar-refractivity contribution in [3.8, 4) is 0 Å². The average Bonchev–Trinajstić information content (AvgIpc) is 3.14. The predicted molar refractivity (Wildman–Crippen MR) is 102 cm³/mol. The number of rotatable bonds is 6. The summed E-state index contributed by atoms with van der Waals surface area (Å²) in [6.07, 6.45) is 5.21. The molecule has 1 aromatic heterocycles. The van der Waals surface area contributed by atoms with Crippen LogP contribution in [0.3, 0.4) is 0 Å². The van der Waals surface area contributed by atoms with Gasteiger partial charge in [0.2, 0.25) is 0 Å². The third-order valence-electron chi connectivity index (χ3n) is 4.20. The van der Waals surface area contributed by atoms with Crippen molar-refractivity contribution >= 4 is 29.9 Å². The first kappa shape index (κ1) is 19.3. The standard InChI is InChI=1S/C16H28N4O.HI/c1-4-20-11-5-7-14(20)13-19(3)16(17-2)18-10-9-15-8-6-12-21-15;/h6,8,12,14H,4-5,7,9-11,13H2,1-3H3,(H,17,18);1H. The quantitative estimate of drug-likeness (QED) is 0.436. The molecule has 0 aromatic carbocycles. The summed E-state index contributed by atoms with van der Waals surface area (Å²) in [5, 5.41) is 3.41. The number of hydrogen-bond acceptors (Lipinski definition) is 3. The topological polar surface area (TPSA) is 44.0 Å². The lowest BCUT2D eigenvalue weighted by Crippen LogP contribution is -2.46. The molecule has 0 aliphatic carbocycles. The van der Waals surface area contributed by atoms with Crippen LogP contribution in [0.4, 0.5) is 0 Å². The number of hydrogen-bond donors (Lipinski definition) is 1. The maximum Gasteiger partial charge on any atom is 0.193 e. The van der Waals surface area contributed by atoms with Crippen LogP contribution < -0.4 is 5.32 Å². The third kappa shape index (κ3) is 5.46. The van der Waals surface area contributed by atoms with Crippen molar-refractivity contribution < 1.29 is 4.42 Å². The molecule has 1 aliphatic heterocycles. The van der Waals surface area contributed by atoms with E-state index in [1.165, 1.54) is 19.4 Å². The Morgan fingerprint density at radius 2 is 2.36 bits per heavy atom. The maximum atomic E-state index is 5.35. The van der Waals surface area contributed by atoms with Crippen molar-refractivity contribution in [2.75, 3.05) is 40.3 Å². The molecular formula is C16H29IN4O. The van der Waals surface area contributed by atoms with Crippen LogP contribution in [0.2, 0.25) is 0 Å². The summed E-state index contributed by atoms with van der Waals surface area (Å²) in [5.41, 5.74) is 0. The molecule has 0 saturated carbocycles. The summed E-state index contributed by atoms with van der Waals surface area (Å²) >= 11 is 0. The van der Waals surface area contributed by atoms with Crippen molar-refractivity contribution in [3.05, 3.63) is 24.2 Å². The first-order valence-electron chi connectivity index (χ1n) is 7.92. The average molecular weight is 420 g/mol. The fraction of sp³-hybridized carbons (Fsp3) is 0.688. The van der Waals surface area contributed by atoms with Gasteiger partial charge in [-0.15, -0.1) is 24.0 Å². The second-order valence-electron chi connectivity index (χ2n) is 5.61. The smallest absolute Gasteiger partial charge is 0.193 e. The van der Waals surface area contributed by atoms with E-state index in [2.05, 4.69) is 34.1 Å². The Labute approximate surface area is 151 Å². The molecule has 1 fully saturated rings. The Kier molecular flexibility index (Phi) is 8.85. The largest absolute Gasteiger partial charge is 0.469 e. The van der Waals surface area contributed by atoms with Crippen LogP contribution in [-0.4, -0.2) is 62.1 Å². The zero-order valence-electron chi connectivity index (χ0n) is 13.9. The van der Waals surface area contributed by atoms with E-state index < -0.39 is 0 Å². The van der Waals surface area contributed by atoms with Crippen LogP contribution in [0, 0.1) is 0 Å². The van der Waals surface area contributed by atoms with Gasteiger partial charge in [0.05, 0.1) is 6.26 Å². The Hall–Kier alpha value is -0.760. The number of furan rings is 1. The highest BCUT2D eigenvalue weighted by molar-refractivity contribution is 14.0. The molecule has 1 atom stereocenters. The van der Waals surface area contributed by atoms with E-state index in [9.17, 15) is 0 Å². The Morgan fingerprint density at radius 3 is 3.00 bits per heavy atom. The normalized spacial score (nSPS) is 19.0. The molecular weight excluding hydrogens is 391 g/mol. The van der Waals surface area contributed by atoms with Crippen LogP contribution in [0.1, 0.15) is 25.5 Å². The molecule has 2 heterocycles. The molecule has 0 bridgehead atoms. The summed E-state index contributed by atoms with van der Waals surface area (Å²) in [6, 6.07) is 4.59. The number of likely N-dealkylation sites (tertiary alicyclic amines) is 1. The molecule has 5 nitrogen and oxygen atoms in total. The monoisotopic (exact) mass is 420 g/mol. The van der Waals surface area contributed by atoms with E-state index in [4.69, 9.17) is 4.42 Å². The fourth-order valence-electron chi connectivity index (χ4n) is 3.06. The van der Waals surface area contributed by atoms with Crippen LogP contribution in [0.5, 0.6) is 0 Å². The van der Waals surface area contributed by atoms with Crippen LogP contribution >= 0.6 is 24.0 Å². The molecule has 1 aliphatic rings. The number of nitrogens with one attached hydrogen (secondary N) is 1. The number of nitrogens with zero attached hydrogens (tertiary/aromatic N) is 3. The van der Waals surface area contributed by atoms with Gasteiger partial charge in [0.15, 0.2) is 5.96 Å². The molecule has 22 heavy (non-hydrogen) atoms. The molecule has 0 spiro atoms. The van der Waals surface area contributed by atoms with Gasteiger partial charge in [-0.05, 0) is 38.1 Å². The van der Waals surface area contributed by atoms with Gasteiger partial charge in [-0.2, -0.15) is 0 Å². The number of halogens is 1. The third-order valence-corrected chi connectivity index (χ3v) is 4.20. The first-order chi connectivity index (χ1) is 10.2. The second kappa shape index (κ2) is 10.1. The lowest BCUT2D eigenvalue weighted by Gasteiger charge is -2.29. The fourth-order valence-corrected chi connectivity index (χ4v) is 3.06. The Morgan fingerprint density at radius 1 is 1.55 bits per heavy atom. The first-order valence-corrected chi connectivity index (χ1v) is 7.92. The van der Waals surface area contributed by atoms with Gasteiger partial charge in [0, 0.05) is 39.6 Å². The van der Waals surface area contributed by atoms with Crippen LogP contribution in [0.25, 0.3) is 0 Å². The minimum absolute atomic E-state index is 0. The predicted octanol–water partition coefficient (Wildman–Crippen LogP) is 2.43. The summed E-state index contributed by atoms with van der Waals surface area (Å²) in [7, 11) is 3.96. The zero-order valence-corrected chi connectivity index (χ0v) is 16.2. The van der Waals surface area contributed by atoms with Gasteiger partial charge in [-0.3, -0.25) is 9.89 Å². The summed E-state index contributed by atoms with van der Waals surface area (Å²) in [6.45, 7) is 6.50. The number of aliphatic imine (C=N–C) groups is 1. The highest BCUT2D eigenvalue weighted by atomic mass is 127. The van der Waals surface area contributed by atoms with Crippen LogP contribution in [0.15, 0.2) is 27.8 Å². The van der Waals surface area contributed by atoms with E-state index >= 15 is 0 Å². The van der Waals surface area contributed by atoms with Gasteiger partial charge in [0.25, 0.3) is 0 Å². The SMILES string of the molecule is CCN1CCCC1CN(C)C(=NC)NCCc1ccco1.I. The Bertz CT molecular complexity index is 435. The highest BCUT2D eigenvalue weighted by Crippen LogP contribution is 2.17. The summed E-state index contributed by atoms with van der Waals surface area (Å²) in [5.74, 6) is 1.97. The molecule has 6 heteroatoms. The summed E-state index contributed by atoms with van der Waals surface area (Å²) in [4.78, 5) is 9.18. The molecule has 1 saturated heterocycles. The second-order valence-corrected chi connectivity index (χ2v) is 5.61. The molecule has 0 radical (unpaired) electrons. The van der Waals surface area contributed by atoms with E-state index in [1.807, 2.05) is 19.2 Å². The molecule has 1 N–H and O–H groups in total. The van der Waals surface area contributed by atoms with E-state index in [0.717, 1.165) is 37.8 Å². The minimum atomic E-state index is 0. The van der Waals surface area contributed by atoms with Crippen LogP contribution in [-0.2, 0) is 6.42 Å².